The van der Waals surface area contributed by atoms with Gasteiger partial charge >= 0.3 is 0 Å². The van der Waals surface area contributed by atoms with E-state index in [9.17, 15) is 0 Å². The molecule has 6 heteroatoms. The van der Waals surface area contributed by atoms with Gasteiger partial charge in [-0.25, -0.2) is 9.97 Å². The molecule has 1 saturated heterocycles. The summed E-state index contributed by atoms with van der Waals surface area (Å²) < 4.78 is 2.00. The third-order valence-corrected chi connectivity index (χ3v) is 4.29. The van der Waals surface area contributed by atoms with Gasteiger partial charge in [-0.3, -0.25) is 4.68 Å². The van der Waals surface area contributed by atoms with Crippen molar-refractivity contribution in [3.05, 3.63) is 66.7 Å². The normalized spacial score (nSPS) is 14.8. The van der Waals surface area contributed by atoms with Crippen LogP contribution in [0.15, 0.2) is 61.2 Å². The van der Waals surface area contributed by atoms with Crippen molar-refractivity contribution in [3.63, 3.8) is 0 Å². The van der Waals surface area contributed by atoms with Crippen molar-refractivity contribution in [1.82, 2.24) is 19.7 Å². The molecule has 24 heavy (non-hydrogen) atoms. The van der Waals surface area contributed by atoms with Gasteiger partial charge in [0, 0.05) is 44.8 Å². The SMILES string of the molecule is c1ccc(Cn2cc(N3CCN(c4ncccn4)CC3)cn2)cc1. The van der Waals surface area contributed by atoms with Crippen molar-refractivity contribution in [2.24, 2.45) is 0 Å². The first-order valence-corrected chi connectivity index (χ1v) is 8.22. The first-order valence-electron chi connectivity index (χ1n) is 8.22. The van der Waals surface area contributed by atoms with E-state index in [0.29, 0.717) is 0 Å². The van der Waals surface area contributed by atoms with Crippen LogP contribution in [0.2, 0.25) is 0 Å². The summed E-state index contributed by atoms with van der Waals surface area (Å²) in [5.74, 6) is 0.817. The summed E-state index contributed by atoms with van der Waals surface area (Å²) in [6.45, 7) is 4.56. The fourth-order valence-corrected chi connectivity index (χ4v) is 2.99. The Bertz CT molecular complexity index is 762. The zero-order valence-electron chi connectivity index (χ0n) is 13.5. The van der Waals surface area contributed by atoms with Crippen molar-refractivity contribution >= 4 is 11.6 Å². The maximum Gasteiger partial charge on any atom is 0.225 e. The lowest BCUT2D eigenvalue weighted by Crippen LogP contribution is -2.47. The monoisotopic (exact) mass is 320 g/mol. The summed E-state index contributed by atoms with van der Waals surface area (Å²) >= 11 is 0. The Morgan fingerprint density at radius 3 is 2.29 bits per heavy atom. The molecule has 0 saturated carbocycles. The van der Waals surface area contributed by atoms with E-state index in [1.807, 2.05) is 23.0 Å². The molecular formula is C18H20N6. The van der Waals surface area contributed by atoms with E-state index in [-0.39, 0.29) is 0 Å². The molecule has 2 aromatic heterocycles. The second kappa shape index (κ2) is 6.70. The quantitative estimate of drug-likeness (QED) is 0.736. The van der Waals surface area contributed by atoms with E-state index < -0.39 is 0 Å². The Morgan fingerprint density at radius 2 is 1.54 bits per heavy atom. The van der Waals surface area contributed by atoms with Gasteiger partial charge in [0.05, 0.1) is 18.4 Å². The first-order chi connectivity index (χ1) is 11.9. The third-order valence-electron chi connectivity index (χ3n) is 4.29. The zero-order valence-corrected chi connectivity index (χ0v) is 13.5. The molecule has 0 spiro atoms. The molecule has 0 atom stereocenters. The maximum atomic E-state index is 4.50. The molecular weight excluding hydrogens is 300 g/mol. The van der Waals surface area contributed by atoms with Crippen LogP contribution in [-0.4, -0.2) is 45.9 Å². The fourth-order valence-electron chi connectivity index (χ4n) is 2.99. The lowest BCUT2D eigenvalue weighted by Gasteiger charge is -2.35. The topological polar surface area (TPSA) is 50.1 Å². The van der Waals surface area contributed by atoms with Gasteiger partial charge in [-0.15, -0.1) is 0 Å². The summed E-state index contributed by atoms with van der Waals surface area (Å²) in [6, 6.07) is 12.3. The highest BCUT2D eigenvalue weighted by molar-refractivity contribution is 5.45. The lowest BCUT2D eigenvalue weighted by atomic mass is 10.2. The molecule has 4 rings (SSSR count). The van der Waals surface area contributed by atoms with Gasteiger partial charge < -0.3 is 9.80 Å². The van der Waals surface area contributed by atoms with Gasteiger partial charge in [-0.2, -0.15) is 5.10 Å². The Labute approximate surface area is 141 Å². The molecule has 6 nitrogen and oxygen atoms in total. The number of aromatic nitrogens is 4. The molecule has 1 fully saturated rings. The molecule has 1 aliphatic rings. The second-order valence-corrected chi connectivity index (χ2v) is 5.90. The van der Waals surface area contributed by atoms with Gasteiger partial charge in [0.2, 0.25) is 5.95 Å². The predicted molar refractivity (Wildman–Crippen MR) is 94.2 cm³/mol. The van der Waals surface area contributed by atoms with Gasteiger partial charge in [-0.05, 0) is 11.6 Å². The van der Waals surface area contributed by atoms with E-state index in [0.717, 1.165) is 38.7 Å². The van der Waals surface area contributed by atoms with Crippen LogP contribution in [-0.2, 0) is 6.54 Å². The molecule has 0 N–H and O–H groups in total. The summed E-state index contributed by atoms with van der Waals surface area (Å²) in [7, 11) is 0. The molecule has 3 aromatic rings. The second-order valence-electron chi connectivity index (χ2n) is 5.90. The van der Waals surface area contributed by atoms with Crippen molar-refractivity contribution in [2.45, 2.75) is 6.54 Å². The minimum absolute atomic E-state index is 0.804. The fraction of sp³-hybridized carbons (Fsp3) is 0.278. The number of nitrogens with zero attached hydrogens (tertiary/aromatic N) is 6. The van der Waals surface area contributed by atoms with E-state index in [1.54, 1.807) is 12.4 Å². The van der Waals surface area contributed by atoms with E-state index in [4.69, 9.17) is 0 Å². The number of rotatable bonds is 4. The number of anilines is 2. The molecule has 1 aliphatic heterocycles. The van der Waals surface area contributed by atoms with Crippen molar-refractivity contribution in [3.8, 4) is 0 Å². The lowest BCUT2D eigenvalue weighted by molar-refractivity contribution is 0.638. The molecule has 0 unspecified atom stereocenters. The van der Waals surface area contributed by atoms with Crippen molar-refractivity contribution < 1.29 is 0 Å². The van der Waals surface area contributed by atoms with Crippen LogP contribution in [0, 0.1) is 0 Å². The number of benzene rings is 1. The molecule has 1 aromatic carbocycles. The molecule has 0 radical (unpaired) electrons. The Balaban J connectivity index is 1.38. The molecule has 3 heterocycles. The highest BCUT2D eigenvalue weighted by atomic mass is 15.3. The van der Waals surface area contributed by atoms with Crippen LogP contribution in [0.3, 0.4) is 0 Å². The van der Waals surface area contributed by atoms with Crippen molar-refractivity contribution in [2.75, 3.05) is 36.0 Å². The maximum absolute atomic E-state index is 4.50. The van der Waals surface area contributed by atoms with Crippen LogP contribution in [0.5, 0.6) is 0 Å². The van der Waals surface area contributed by atoms with Crippen LogP contribution in [0.4, 0.5) is 11.6 Å². The van der Waals surface area contributed by atoms with E-state index in [2.05, 4.69) is 55.3 Å². The third kappa shape index (κ3) is 3.22. The van der Waals surface area contributed by atoms with Crippen LogP contribution < -0.4 is 9.80 Å². The minimum Gasteiger partial charge on any atom is -0.365 e. The Kier molecular flexibility index (Phi) is 4.10. The van der Waals surface area contributed by atoms with Crippen LogP contribution >= 0.6 is 0 Å². The standard InChI is InChI=1S/C18H20N6/c1-2-5-16(6-3-1)14-24-15-17(13-21-24)22-9-11-23(12-10-22)18-19-7-4-8-20-18/h1-8,13,15H,9-12,14H2. The highest BCUT2D eigenvalue weighted by Crippen LogP contribution is 2.18. The average molecular weight is 320 g/mol. The summed E-state index contributed by atoms with van der Waals surface area (Å²) in [4.78, 5) is 13.3. The number of hydrogen-bond acceptors (Lipinski definition) is 5. The molecule has 0 amide bonds. The average Bonchev–Trinajstić information content (AvgIpc) is 3.12. The molecule has 0 aliphatic carbocycles. The Hall–Kier alpha value is -2.89. The van der Waals surface area contributed by atoms with Crippen molar-refractivity contribution in [1.29, 1.82) is 0 Å². The summed E-state index contributed by atoms with van der Waals surface area (Å²) in [6.07, 6.45) is 7.67. The zero-order chi connectivity index (χ0) is 16.2. The van der Waals surface area contributed by atoms with E-state index in [1.165, 1.54) is 11.3 Å². The number of piperazine rings is 1. The van der Waals surface area contributed by atoms with Gasteiger partial charge in [-0.1, -0.05) is 30.3 Å². The van der Waals surface area contributed by atoms with Crippen LogP contribution in [0.1, 0.15) is 5.56 Å². The summed E-state index contributed by atoms with van der Waals surface area (Å²) in [5.41, 5.74) is 2.44. The molecule has 122 valence electrons. The van der Waals surface area contributed by atoms with Gasteiger partial charge in [0.1, 0.15) is 0 Å². The summed E-state index contributed by atoms with van der Waals surface area (Å²) in [5, 5.41) is 4.50. The first kappa shape index (κ1) is 14.7. The minimum atomic E-state index is 0.804. The Morgan fingerprint density at radius 1 is 0.833 bits per heavy atom. The largest absolute Gasteiger partial charge is 0.365 e. The predicted octanol–water partition coefficient (Wildman–Crippen LogP) is 2.05. The molecule has 0 bridgehead atoms. The smallest absolute Gasteiger partial charge is 0.225 e. The van der Waals surface area contributed by atoms with Crippen LogP contribution in [0.25, 0.3) is 0 Å². The van der Waals surface area contributed by atoms with Gasteiger partial charge in [0.15, 0.2) is 0 Å². The van der Waals surface area contributed by atoms with Gasteiger partial charge in [0.25, 0.3) is 0 Å². The number of hydrogen-bond donors (Lipinski definition) is 0. The highest BCUT2D eigenvalue weighted by Gasteiger charge is 2.19. The van der Waals surface area contributed by atoms with E-state index >= 15 is 0 Å².